The van der Waals surface area contributed by atoms with Gasteiger partial charge in [0, 0.05) is 29.3 Å². The second kappa shape index (κ2) is 6.62. The van der Waals surface area contributed by atoms with Crippen molar-refractivity contribution in [3.05, 3.63) is 53.5 Å². The molecule has 1 aromatic carbocycles. The van der Waals surface area contributed by atoms with Crippen LogP contribution in [0.1, 0.15) is 18.5 Å². The Morgan fingerprint density at radius 2 is 1.94 bits per heavy atom. The van der Waals surface area contributed by atoms with Crippen LogP contribution < -0.4 is 10.6 Å². The van der Waals surface area contributed by atoms with Crippen molar-refractivity contribution in [1.29, 1.82) is 0 Å². The molecular weight excluding hydrogens is 276 g/mol. The van der Waals surface area contributed by atoms with Crippen LogP contribution in [0.2, 0.25) is 0 Å². The van der Waals surface area contributed by atoms with Gasteiger partial charge in [-0.25, -0.2) is 0 Å². The molecular formula is C14H19BrN2. The lowest BCUT2D eigenvalue weighted by Crippen LogP contribution is -2.25. The molecule has 2 N–H and O–H groups in total. The third-order valence-corrected chi connectivity index (χ3v) is 3.01. The molecule has 1 rings (SSSR count). The number of benzene rings is 1. The maximum atomic E-state index is 6.01. The molecule has 0 saturated heterocycles. The monoisotopic (exact) mass is 294 g/mol. The Bertz CT molecular complexity index is 389. The van der Waals surface area contributed by atoms with E-state index in [4.69, 9.17) is 5.73 Å². The van der Waals surface area contributed by atoms with Gasteiger partial charge in [-0.05, 0) is 30.7 Å². The first kappa shape index (κ1) is 14.0. The van der Waals surface area contributed by atoms with Crippen molar-refractivity contribution in [1.82, 2.24) is 0 Å². The number of nitrogens with zero attached hydrogens (tertiary/aromatic N) is 1. The Morgan fingerprint density at radius 1 is 1.35 bits per heavy atom. The summed E-state index contributed by atoms with van der Waals surface area (Å²) in [5.74, 6) is 0. The van der Waals surface area contributed by atoms with Crippen LogP contribution in [0.4, 0.5) is 5.69 Å². The van der Waals surface area contributed by atoms with Crippen molar-refractivity contribution in [3.8, 4) is 0 Å². The van der Waals surface area contributed by atoms with Gasteiger partial charge < -0.3 is 10.6 Å². The van der Waals surface area contributed by atoms with E-state index in [9.17, 15) is 0 Å². The molecule has 0 amide bonds. The summed E-state index contributed by atoms with van der Waals surface area (Å²) in [6.07, 6.45) is 3.77. The van der Waals surface area contributed by atoms with Crippen molar-refractivity contribution in [2.75, 3.05) is 18.0 Å². The van der Waals surface area contributed by atoms with E-state index in [0.717, 1.165) is 28.8 Å². The van der Waals surface area contributed by atoms with E-state index < -0.39 is 0 Å². The Balaban J connectivity index is 3.16. The molecule has 1 unspecified atom stereocenters. The van der Waals surface area contributed by atoms with Crippen LogP contribution in [0.25, 0.3) is 0 Å². The van der Waals surface area contributed by atoms with E-state index in [1.165, 1.54) is 0 Å². The predicted molar refractivity (Wildman–Crippen MR) is 79.4 cm³/mol. The summed E-state index contributed by atoms with van der Waals surface area (Å²) >= 11 is 3.48. The number of anilines is 1. The molecule has 0 spiro atoms. The highest BCUT2D eigenvalue weighted by atomic mass is 79.9. The maximum absolute atomic E-state index is 6.01. The zero-order valence-corrected chi connectivity index (χ0v) is 11.8. The molecule has 0 aromatic heterocycles. The molecule has 0 aliphatic heterocycles. The van der Waals surface area contributed by atoms with Crippen LogP contribution in [-0.4, -0.2) is 13.1 Å². The number of hydrogen-bond acceptors (Lipinski definition) is 2. The molecule has 0 saturated carbocycles. The summed E-state index contributed by atoms with van der Waals surface area (Å²) in [4.78, 5) is 2.20. The number of nitrogens with two attached hydrogens (primary N) is 1. The zero-order valence-electron chi connectivity index (χ0n) is 10.2. The SMILES string of the molecule is C=CCN(CC=C)c1ccc(Br)cc1C(C)N. The van der Waals surface area contributed by atoms with E-state index in [0.29, 0.717) is 0 Å². The molecule has 0 aliphatic rings. The fourth-order valence-corrected chi connectivity index (χ4v) is 2.14. The Labute approximate surface area is 112 Å². The largest absolute Gasteiger partial charge is 0.364 e. The van der Waals surface area contributed by atoms with Gasteiger partial charge in [-0.3, -0.25) is 0 Å². The van der Waals surface area contributed by atoms with Crippen molar-refractivity contribution in [2.24, 2.45) is 5.73 Å². The fraction of sp³-hybridized carbons (Fsp3) is 0.286. The average Bonchev–Trinajstić information content (AvgIpc) is 2.28. The summed E-state index contributed by atoms with van der Waals surface area (Å²) in [6, 6.07) is 6.18. The number of hydrogen-bond donors (Lipinski definition) is 1. The number of halogens is 1. The van der Waals surface area contributed by atoms with Crippen molar-refractivity contribution < 1.29 is 0 Å². The molecule has 3 heteroatoms. The smallest absolute Gasteiger partial charge is 0.0420 e. The van der Waals surface area contributed by atoms with Gasteiger partial charge in [0.05, 0.1) is 0 Å². The van der Waals surface area contributed by atoms with Gasteiger partial charge in [0.1, 0.15) is 0 Å². The third kappa shape index (κ3) is 3.72. The van der Waals surface area contributed by atoms with Crippen LogP contribution in [0.3, 0.4) is 0 Å². The van der Waals surface area contributed by atoms with E-state index in [2.05, 4.69) is 46.1 Å². The first-order valence-corrected chi connectivity index (χ1v) is 6.41. The Morgan fingerprint density at radius 3 is 2.41 bits per heavy atom. The normalized spacial score (nSPS) is 11.9. The van der Waals surface area contributed by atoms with E-state index >= 15 is 0 Å². The van der Waals surface area contributed by atoms with Gasteiger partial charge in [0.25, 0.3) is 0 Å². The first-order valence-electron chi connectivity index (χ1n) is 5.62. The lowest BCUT2D eigenvalue weighted by molar-refractivity contribution is 0.803. The van der Waals surface area contributed by atoms with Gasteiger partial charge in [-0.2, -0.15) is 0 Å². The molecule has 92 valence electrons. The molecule has 0 aliphatic carbocycles. The summed E-state index contributed by atoms with van der Waals surface area (Å²) in [5, 5.41) is 0. The van der Waals surface area contributed by atoms with Gasteiger partial charge in [-0.1, -0.05) is 28.1 Å². The van der Waals surface area contributed by atoms with Crippen LogP contribution >= 0.6 is 15.9 Å². The molecule has 0 heterocycles. The predicted octanol–water partition coefficient (Wildman–Crippen LogP) is 3.65. The summed E-state index contributed by atoms with van der Waals surface area (Å²) < 4.78 is 1.05. The van der Waals surface area contributed by atoms with Crippen LogP contribution in [-0.2, 0) is 0 Å². The first-order chi connectivity index (χ1) is 8.10. The lowest BCUT2D eigenvalue weighted by Gasteiger charge is -2.26. The standard InChI is InChI=1S/C14H19BrN2/c1-4-8-17(9-5-2)14-7-6-12(15)10-13(14)11(3)16/h4-7,10-11H,1-2,8-9,16H2,3H3. The minimum atomic E-state index is -0.000342. The Hall–Kier alpha value is -1.06. The van der Waals surface area contributed by atoms with Gasteiger partial charge in [-0.15, -0.1) is 13.2 Å². The Kier molecular flexibility index (Phi) is 5.45. The van der Waals surface area contributed by atoms with Crippen LogP contribution in [0.15, 0.2) is 48.0 Å². The highest BCUT2D eigenvalue weighted by Crippen LogP contribution is 2.28. The van der Waals surface area contributed by atoms with E-state index in [1.807, 2.05) is 25.1 Å². The quantitative estimate of drug-likeness (QED) is 0.812. The van der Waals surface area contributed by atoms with Gasteiger partial charge in [0.2, 0.25) is 0 Å². The highest BCUT2D eigenvalue weighted by Gasteiger charge is 2.12. The molecule has 0 fully saturated rings. The molecule has 0 radical (unpaired) electrons. The second-order valence-electron chi connectivity index (χ2n) is 3.97. The third-order valence-electron chi connectivity index (χ3n) is 2.52. The van der Waals surface area contributed by atoms with Crippen molar-refractivity contribution >= 4 is 21.6 Å². The molecule has 0 bridgehead atoms. The average molecular weight is 295 g/mol. The van der Waals surface area contributed by atoms with Crippen LogP contribution in [0.5, 0.6) is 0 Å². The van der Waals surface area contributed by atoms with Gasteiger partial charge in [0.15, 0.2) is 0 Å². The van der Waals surface area contributed by atoms with Crippen molar-refractivity contribution in [3.63, 3.8) is 0 Å². The zero-order chi connectivity index (χ0) is 12.8. The van der Waals surface area contributed by atoms with Gasteiger partial charge >= 0.3 is 0 Å². The minimum Gasteiger partial charge on any atom is -0.364 e. The van der Waals surface area contributed by atoms with Crippen molar-refractivity contribution in [2.45, 2.75) is 13.0 Å². The maximum Gasteiger partial charge on any atom is 0.0420 e. The fourth-order valence-electron chi connectivity index (χ4n) is 1.76. The van der Waals surface area contributed by atoms with E-state index in [1.54, 1.807) is 0 Å². The lowest BCUT2D eigenvalue weighted by atomic mass is 10.1. The topological polar surface area (TPSA) is 29.3 Å². The minimum absolute atomic E-state index is 0.000342. The molecule has 1 aromatic rings. The highest BCUT2D eigenvalue weighted by molar-refractivity contribution is 9.10. The molecule has 2 nitrogen and oxygen atoms in total. The second-order valence-corrected chi connectivity index (χ2v) is 4.89. The van der Waals surface area contributed by atoms with Crippen LogP contribution in [0, 0.1) is 0 Å². The summed E-state index contributed by atoms with van der Waals surface area (Å²) in [5.41, 5.74) is 8.28. The van der Waals surface area contributed by atoms with E-state index in [-0.39, 0.29) is 6.04 Å². The molecule has 1 atom stereocenters. The summed E-state index contributed by atoms with van der Waals surface area (Å²) in [7, 11) is 0. The molecule has 17 heavy (non-hydrogen) atoms. The number of rotatable bonds is 6. The summed E-state index contributed by atoms with van der Waals surface area (Å²) in [6.45, 7) is 11.1.